The molecule has 1 unspecified atom stereocenters. The van der Waals surface area contributed by atoms with Crippen LogP contribution in [0.1, 0.15) is 50.6 Å². The maximum atomic E-state index is 13.7. The van der Waals surface area contributed by atoms with E-state index < -0.39 is 0 Å². The summed E-state index contributed by atoms with van der Waals surface area (Å²) in [5.74, 6) is 1.34. The number of halogens is 2. The molecule has 1 aliphatic carbocycles. The van der Waals surface area contributed by atoms with Crippen LogP contribution in [0.2, 0.25) is 0 Å². The Morgan fingerprint density at radius 2 is 2.00 bits per heavy atom. The zero-order valence-electron chi connectivity index (χ0n) is 11.8. The molecule has 0 amide bonds. The Bertz CT molecular complexity index is 413. The van der Waals surface area contributed by atoms with Gasteiger partial charge in [0.2, 0.25) is 0 Å². The molecule has 0 saturated heterocycles. The first-order chi connectivity index (χ1) is 9.17. The van der Waals surface area contributed by atoms with Crippen molar-refractivity contribution < 1.29 is 4.39 Å². The van der Waals surface area contributed by atoms with E-state index >= 15 is 0 Å². The van der Waals surface area contributed by atoms with Gasteiger partial charge in [0, 0.05) is 6.04 Å². The fourth-order valence-corrected chi connectivity index (χ4v) is 3.85. The van der Waals surface area contributed by atoms with Gasteiger partial charge < -0.3 is 5.32 Å². The minimum atomic E-state index is -0.167. The molecule has 1 aromatic rings. The van der Waals surface area contributed by atoms with Crippen molar-refractivity contribution >= 4 is 15.9 Å². The van der Waals surface area contributed by atoms with Gasteiger partial charge in [0.25, 0.3) is 0 Å². The molecule has 19 heavy (non-hydrogen) atoms. The molecule has 0 spiro atoms. The summed E-state index contributed by atoms with van der Waals surface area (Å²) in [7, 11) is 1.98. The molecule has 0 radical (unpaired) electrons. The van der Waals surface area contributed by atoms with Crippen molar-refractivity contribution in [2.75, 3.05) is 7.05 Å². The number of hydrogen-bond acceptors (Lipinski definition) is 1. The quantitative estimate of drug-likeness (QED) is 0.814. The smallest absolute Gasteiger partial charge is 0.137 e. The van der Waals surface area contributed by atoms with Crippen LogP contribution in [0.3, 0.4) is 0 Å². The lowest BCUT2D eigenvalue weighted by atomic mass is 9.76. The van der Waals surface area contributed by atoms with E-state index in [9.17, 15) is 4.39 Å². The second kappa shape index (κ2) is 6.85. The molecule has 1 atom stereocenters. The molecular weight excluding hydrogens is 305 g/mol. The summed E-state index contributed by atoms with van der Waals surface area (Å²) in [5.41, 5.74) is 1.06. The largest absolute Gasteiger partial charge is 0.313 e. The van der Waals surface area contributed by atoms with Crippen LogP contribution in [0.15, 0.2) is 22.7 Å². The summed E-state index contributed by atoms with van der Waals surface area (Å²) in [6.07, 6.45) is 6.40. The highest BCUT2D eigenvalue weighted by Crippen LogP contribution is 2.40. The summed E-state index contributed by atoms with van der Waals surface area (Å²) in [6, 6.07) is 5.59. The fourth-order valence-electron chi connectivity index (χ4n) is 3.34. The van der Waals surface area contributed by atoms with E-state index in [0.717, 1.165) is 11.5 Å². The molecule has 1 saturated carbocycles. The lowest BCUT2D eigenvalue weighted by Gasteiger charge is -2.34. The Hall–Kier alpha value is -0.410. The molecule has 1 aliphatic rings. The third kappa shape index (κ3) is 3.38. The van der Waals surface area contributed by atoms with Crippen molar-refractivity contribution in [1.82, 2.24) is 5.32 Å². The average molecular weight is 328 g/mol. The number of nitrogens with one attached hydrogen (secondary N) is 1. The maximum Gasteiger partial charge on any atom is 0.137 e. The second-order valence-corrected chi connectivity index (χ2v) is 6.39. The predicted octanol–water partition coefficient (Wildman–Crippen LogP) is 5.07. The molecule has 0 bridgehead atoms. The Balaban J connectivity index is 2.14. The van der Waals surface area contributed by atoms with Crippen LogP contribution in [0, 0.1) is 17.7 Å². The normalized spacial score (nSPS) is 25.3. The summed E-state index contributed by atoms with van der Waals surface area (Å²) in [5, 5.41) is 3.39. The molecule has 0 aromatic heterocycles. The van der Waals surface area contributed by atoms with Gasteiger partial charge in [-0.05, 0) is 59.3 Å². The van der Waals surface area contributed by atoms with Gasteiger partial charge >= 0.3 is 0 Å². The lowest BCUT2D eigenvalue weighted by Crippen LogP contribution is -2.29. The van der Waals surface area contributed by atoms with E-state index in [4.69, 9.17) is 0 Å². The lowest BCUT2D eigenvalue weighted by molar-refractivity contribution is 0.223. The van der Waals surface area contributed by atoms with Crippen molar-refractivity contribution in [2.45, 2.75) is 45.1 Å². The van der Waals surface area contributed by atoms with E-state index in [2.05, 4.69) is 28.2 Å². The molecule has 3 heteroatoms. The standard InChI is InChI=1S/C16H23BrFN/c1-3-11-7-9-12(10-8-11)16(19-2)13-5-4-6-14(18)15(13)17/h4-6,11-12,16,19H,3,7-10H2,1-2H3. The summed E-state index contributed by atoms with van der Waals surface area (Å²) in [6.45, 7) is 2.28. The van der Waals surface area contributed by atoms with Gasteiger partial charge in [0.05, 0.1) is 4.47 Å². The van der Waals surface area contributed by atoms with Crippen LogP contribution in [-0.4, -0.2) is 7.05 Å². The third-order valence-electron chi connectivity index (χ3n) is 4.57. The van der Waals surface area contributed by atoms with Gasteiger partial charge in [-0.3, -0.25) is 0 Å². The minimum Gasteiger partial charge on any atom is -0.313 e. The Morgan fingerprint density at radius 3 is 2.58 bits per heavy atom. The molecule has 2 rings (SSSR count). The molecule has 0 aliphatic heterocycles. The minimum absolute atomic E-state index is 0.167. The van der Waals surface area contributed by atoms with Crippen molar-refractivity contribution in [1.29, 1.82) is 0 Å². The van der Waals surface area contributed by atoms with Gasteiger partial charge in [-0.25, -0.2) is 4.39 Å². The first-order valence-electron chi connectivity index (χ1n) is 7.28. The van der Waals surface area contributed by atoms with Gasteiger partial charge in [0.1, 0.15) is 5.82 Å². The highest BCUT2D eigenvalue weighted by molar-refractivity contribution is 9.10. The predicted molar refractivity (Wildman–Crippen MR) is 81.6 cm³/mol. The second-order valence-electron chi connectivity index (χ2n) is 5.60. The molecule has 1 aromatic carbocycles. The van der Waals surface area contributed by atoms with Crippen LogP contribution in [-0.2, 0) is 0 Å². The number of benzene rings is 1. The van der Waals surface area contributed by atoms with Crippen LogP contribution < -0.4 is 5.32 Å². The number of rotatable bonds is 4. The molecule has 106 valence electrons. The molecular formula is C16H23BrFN. The fraction of sp³-hybridized carbons (Fsp3) is 0.625. The maximum absolute atomic E-state index is 13.7. The van der Waals surface area contributed by atoms with Crippen molar-refractivity contribution in [2.24, 2.45) is 11.8 Å². The van der Waals surface area contributed by atoms with Gasteiger partial charge in [0.15, 0.2) is 0 Å². The van der Waals surface area contributed by atoms with E-state index in [1.807, 2.05) is 13.1 Å². The molecule has 0 heterocycles. The highest BCUT2D eigenvalue weighted by atomic mass is 79.9. The third-order valence-corrected chi connectivity index (χ3v) is 5.40. The topological polar surface area (TPSA) is 12.0 Å². The van der Waals surface area contributed by atoms with Crippen LogP contribution in [0.4, 0.5) is 4.39 Å². The van der Waals surface area contributed by atoms with Crippen molar-refractivity contribution in [3.05, 3.63) is 34.1 Å². The van der Waals surface area contributed by atoms with Crippen LogP contribution >= 0.6 is 15.9 Å². The van der Waals surface area contributed by atoms with Gasteiger partial charge in [-0.15, -0.1) is 0 Å². The number of hydrogen-bond donors (Lipinski definition) is 1. The van der Waals surface area contributed by atoms with E-state index in [-0.39, 0.29) is 11.9 Å². The summed E-state index contributed by atoms with van der Waals surface area (Å²) < 4.78 is 14.3. The van der Waals surface area contributed by atoms with Crippen molar-refractivity contribution in [3.8, 4) is 0 Å². The molecule has 1 nitrogen and oxygen atoms in total. The van der Waals surface area contributed by atoms with Crippen LogP contribution in [0.5, 0.6) is 0 Å². The SMILES string of the molecule is CCC1CCC(C(NC)c2cccc(F)c2Br)CC1. The monoisotopic (exact) mass is 327 g/mol. The average Bonchev–Trinajstić information content (AvgIpc) is 2.45. The Morgan fingerprint density at radius 1 is 1.32 bits per heavy atom. The highest BCUT2D eigenvalue weighted by Gasteiger charge is 2.28. The molecule has 1 fully saturated rings. The summed E-state index contributed by atoms with van der Waals surface area (Å²) in [4.78, 5) is 0. The molecule has 1 N–H and O–H groups in total. The first kappa shape index (κ1) is 15.0. The van der Waals surface area contributed by atoms with E-state index in [1.165, 1.54) is 38.2 Å². The Kier molecular flexibility index (Phi) is 5.40. The van der Waals surface area contributed by atoms with E-state index in [0.29, 0.717) is 10.4 Å². The van der Waals surface area contributed by atoms with Crippen LogP contribution in [0.25, 0.3) is 0 Å². The van der Waals surface area contributed by atoms with Gasteiger partial charge in [-0.1, -0.05) is 38.3 Å². The first-order valence-corrected chi connectivity index (χ1v) is 8.07. The Labute approximate surface area is 124 Å². The van der Waals surface area contributed by atoms with Crippen molar-refractivity contribution in [3.63, 3.8) is 0 Å². The summed E-state index contributed by atoms with van der Waals surface area (Å²) >= 11 is 3.40. The van der Waals surface area contributed by atoms with Gasteiger partial charge in [-0.2, -0.15) is 0 Å². The zero-order chi connectivity index (χ0) is 13.8. The zero-order valence-corrected chi connectivity index (χ0v) is 13.3. The van der Waals surface area contributed by atoms with E-state index in [1.54, 1.807) is 6.07 Å².